The van der Waals surface area contributed by atoms with Gasteiger partial charge in [-0.25, -0.2) is 12.8 Å². The van der Waals surface area contributed by atoms with Gasteiger partial charge in [0.25, 0.3) is 5.91 Å². The minimum absolute atomic E-state index is 0.136. The van der Waals surface area contributed by atoms with Crippen LogP contribution in [0.1, 0.15) is 32.7 Å². The molecular weight excluding hydrogens is 471 g/mol. The van der Waals surface area contributed by atoms with Crippen LogP contribution in [0.4, 0.5) is 10.1 Å². The molecule has 0 atom stereocenters. The van der Waals surface area contributed by atoms with Crippen LogP contribution in [-0.2, 0) is 16.6 Å². The highest BCUT2D eigenvalue weighted by atomic mass is 32.2. The molecular formula is C20H23FN6O4S2. The molecule has 1 N–H and O–H groups in total. The molecule has 10 nitrogen and oxygen atoms in total. The Bertz CT molecular complexity index is 1220. The molecule has 1 fully saturated rings. The molecule has 1 aliphatic heterocycles. The largest absolute Gasteiger partial charge is 0.360 e. The van der Waals surface area contributed by atoms with Gasteiger partial charge < -0.3 is 9.84 Å². The van der Waals surface area contributed by atoms with Crippen LogP contribution in [0, 0.1) is 19.7 Å². The fourth-order valence-corrected chi connectivity index (χ4v) is 6.17. The highest BCUT2D eigenvalue weighted by molar-refractivity contribution is 7.89. The lowest BCUT2D eigenvalue weighted by atomic mass is 10.3. The smallest absolute Gasteiger partial charge is 0.286 e. The Morgan fingerprint density at radius 3 is 2.61 bits per heavy atom. The number of amides is 1. The minimum Gasteiger partial charge on any atom is -0.360 e. The first kappa shape index (κ1) is 23.4. The number of nitrogens with zero attached hydrogens (tertiary/aromatic N) is 5. The number of aryl methyl sites for hydroxylation is 2. The summed E-state index contributed by atoms with van der Waals surface area (Å²) in [6, 6.07) is 5.45. The maximum Gasteiger partial charge on any atom is 0.286 e. The lowest BCUT2D eigenvalue weighted by Gasteiger charge is -2.20. The Hall–Kier alpha value is -2.74. The molecule has 3 aromatic rings. The summed E-state index contributed by atoms with van der Waals surface area (Å²) in [5, 5.41) is 15.3. The maximum absolute atomic E-state index is 13.1. The molecule has 3 heterocycles. The van der Waals surface area contributed by atoms with Crippen molar-refractivity contribution in [2.24, 2.45) is 0 Å². The van der Waals surface area contributed by atoms with Gasteiger partial charge in [0.2, 0.25) is 15.0 Å². The van der Waals surface area contributed by atoms with Crippen molar-refractivity contribution in [2.75, 3.05) is 31.5 Å². The van der Waals surface area contributed by atoms with Crippen LogP contribution in [0.25, 0.3) is 0 Å². The molecule has 4 rings (SSSR count). The second-order valence-corrected chi connectivity index (χ2v) is 10.6. The molecule has 1 aliphatic rings. The number of sulfonamides is 1. The van der Waals surface area contributed by atoms with E-state index in [0.717, 1.165) is 0 Å². The molecule has 0 aliphatic carbocycles. The lowest BCUT2D eigenvalue weighted by molar-refractivity contribution is 0.102. The van der Waals surface area contributed by atoms with Gasteiger partial charge in [0, 0.05) is 25.3 Å². The molecule has 33 heavy (non-hydrogen) atoms. The zero-order valence-electron chi connectivity index (χ0n) is 18.1. The summed E-state index contributed by atoms with van der Waals surface area (Å²) in [6.45, 7) is 5.58. The van der Waals surface area contributed by atoms with Crippen molar-refractivity contribution in [3.05, 3.63) is 51.6 Å². The van der Waals surface area contributed by atoms with Gasteiger partial charge >= 0.3 is 0 Å². The number of carbonyl (C=O) groups is 1. The molecule has 13 heteroatoms. The van der Waals surface area contributed by atoms with Crippen LogP contribution < -0.4 is 5.32 Å². The van der Waals surface area contributed by atoms with Gasteiger partial charge in [-0.3, -0.25) is 9.69 Å². The third kappa shape index (κ3) is 5.27. The molecule has 176 valence electrons. The fourth-order valence-electron chi connectivity index (χ4n) is 3.64. The van der Waals surface area contributed by atoms with E-state index < -0.39 is 15.9 Å². The third-order valence-electron chi connectivity index (χ3n) is 5.24. The summed E-state index contributed by atoms with van der Waals surface area (Å²) < 4.78 is 45.7. The summed E-state index contributed by atoms with van der Waals surface area (Å²) in [5.74, 6) is -0.520. The summed E-state index contributed by atoms with van der Waals surface area (Å²) in [6.07, 6.45) is 0.652. The van der Waals surface area contributed by atoms with Crippen LogP contribution in [0.5, 0.6) is 0 Å². The summed E-state index contributed by atoms with van der Waals surface area (Å²) in [5.41, 5.74) is 0.819. The van der Waals surface area contributed by atoms with E-state index in [-0.39, 0.29) is 21.5 Å². The standard InChI is InChI=1S/C20H23FN6O4S2/c1-13-18(14(2)31-25-13)33(29,30)27-9-3-8-26(10-11-27)12-17-23-24-20(32-17)19(28)22-16-6-4-15(21)5-7-16/h4-7H,3,8-12H2,1-2H3,(H,22,28). The van der Waals surface area contributed by atoms with E-state index in [2.05, 4.69) is 25.6 Å². The van der Waals surface area contributed by atoms with Gasteiger partial charge in [0.1, 0.15) is 21.4 Å². The number of rotatable bonds is 6. The summed E-state index contributed by atoms with van der Waals surface area (Å²) >= 11 is 1.17. The third-order valence-corrected chi connectivity index (χ3v) is 8.29. The van der Waals surface area contributed by atoms with Crippen molar-refractivity contribution >= 4 is 33.0 Å². The molecule has 1 saturated heterocycles. The second kappa shape index (κ2) is 9.63. The van der Waals surface area contributed by atoms with Crippen LogP contribution in [-0.4, -0.2) is 65.1 Å². The lowest BCUT2D eigenvalue weighted by Crippen LogP contribution is -2.35. The van der Waals surface area contributed by atoms with E-state index in [1.54, 1.807) is 13.8 Å². The van der Waals surface area contributed by atoms with Gasteiger partial charge in [-0.1, -0.05) is 16.5 Å². The number of carbonyl (C=O) groups excluding carboxylic acids is 1. The van der Waals surface area contributed by atoms with E-state index in [1.807, 2.05) is 0 Å². The van der Waals surface area contributed by atoms with Crippen molar-refractivity contribution in [3.63, 3.8) is 0 Å². The van der Waals surface area contributed by atoms with Crippen molar-refractivity contribution in [1.29, 1.82) is 0 Å². The van der Waals surface area contributed by atoms with Crippen LogP contribution in [0.15, 0.2) is 33.7 Å². The second-order valence-electron chi connectivity index (χ2n) is 7.65. The van der Waals surface area contributed by atoms with Crippen LogP contribution >= 0.6 is 11.3 Å². The Kier molecular flexibility index (Phi) is 6.83. The van der Waals surface area contributed by atoms with Crippen molar-refractivity contribution in [3.8, 4) is 0 Å². The number of anilines is 1. The van der Waals surface area contributed by atoms with Crippen molar-refractivity contribution in [1.82, 2.24) is 24.6 Å². The maximum atomic E-state index is 13.1. The first-order valence-corrected chi connectivity index (χ1v) is 12.5. The van der Waals surface area contributed by atoms with E-state index in [4.69, 9.17) is 4.52 Å². The average molecular weight is 495 g/mol. The van der Waals surface area contributed by atoms with Gasteiger partial charge in [0.05, 0.1) is 6.54 Å². The van der Waals surface area contributed by atoms with E-state index in [9.17, 15) is 17.6 Å². The number of aromatic nitrogens is 3. The normalized spacial score (nSPS) is 16.0. The predicted molar refractivity (Wildman–Crippen MR) is 119 cm³/mol. The molecule has 2 aromatic heterocycles. The zero-order chi connectivity index (χ0) is 23.6. The number of hydrogen-bond acceptors (Lipinski definition) is 9. The van der Waals surface area contributed by atoms with E-state index in [1.165, 1.54) is 39.9 Å². The van der Waals surface area contributed by atoms with Gasteiger partial charge in [-0.05, 0) is 51.1 Å². The van der Waals surface area contributed by atoms with Gasteiger partial charge in [0.15, 0.2) is 5.76 Å². The van der Waals surface area contributed by atoms with Crippen molar-refractivity contribution < 1.29 is 22.1 Å². The molecule has 1 aromatic carbocycles. The molecule has 1 amide bonds. The van der Waals surface area contributed by atoms with Gasteiger partial charge in [-0.2, -0.15) is 4.31 Å². The number of hydrogen-bond donors (Lipinski definition) is 1. The Balaban J connectivity index is 1.37. The number of benzene rings is 1. The first-order valence-electron chi connectivity index (χ1n) is 10.3. The Morgan fingerprint density at radius 2 is 1.91 bits per heavy atom. The van der Waals surface area contributed by atoms with Gasteiger partial charge in [-0.15, -0.1) is 10.2 Å². The topological polar surface area (TPSA) is 122 Å². The predicted octanol–water partition coefficient (Wildman–Crippen LogP) is 2.43. The minimum atomic E-state index is -3.69. The Labute approximate surface area is 194 Å². The number of nitrogens with one attached hydrogen (secondary N) is 1. The molecule has 0 bridgehead atoms. The molecule has 0 radical (unpaired) electrons. The molecule has 0 spiro atoms. The number of halogens is 1. The first-order chi connectivity index (χ1) is 15.7. The molecule has 0 saturated carbocycles. The van der Waals surface area contributed by atoms with E-state index >= 15 is 0 Å². The Morgan fingerprint density at radius 1 is 1.15 bits per heavy atom. The highest BCUT2D eigenvalue weighted by Gasteiger charge is 2.32. The van der Waals surface area contributed by atoms with Crippen LogP contribution in [0.2, 0.25) is 0 Å². The molecule has 0 unspecified atom stereocenters. The quantitative estimate of drug-likeness (QED) is 0.555. The SMILES string of the molecule is Cc1noc(C)c1S(=O)(=O)N1CCCN(Cc2nnc(C(=O)Nc3ccc(F)cc3)s2)CC1. The highest BCUT2D eigenvalue weighted by Crippen LogP contribution is 2.24. The van der Waals surface area contributed by atoms with Crippen molar-refractivity contribution in [2.45, 2.75) is 31.7 Å². The summed E-state index contributed by atoms with van der Waals surface area (Å²) in [4.78, 5) is 14.6. The average Bonchev–Trinajstić information content (AvgIpc) is 3.29. The van der Waals surface area contributed by atoms with E-state index in [0.29, 0.717) is 55.5 Å². The van der Waals surface area contributed by atoms with Crippen LogP contribution in [0.3, 0.4) is 0 Å². The monoisotopic (exact) mass is 494 g/mol. The summed E-state index contributed by atoms with van der Waals surface area (Å²) in [7, 11) is -3.69. The zero-order valence-corrected chi connectivity index (χ0v) is 19.7. The fraction of sp³-hybridized carbons (Fsp3) is 0.400.